The van der Waals surface area contributed by atoms with Gasteiger partial charge in [0.1, 0.15) is 11.2 Å². The zero-order chi connectivity index (χ0) is 36.3. The molecule has 11 aromatic rings. The van der Waals surface area contributed by atoms with Gasteiger partial charge in [0.15, 0.2) is 17.5 Å². The van der Waals surface area contributed by atoms with Crippen molar-refractivity contribution in [1.29, 1.82) is 0 Å². The molecule has 0 aliphatic rings. The highest BCUT2D eigenvalue weighted by molar-refractivity contribution is 6.20. The van der Waals surface area contributed by atoms with Gasteiger partial charge in [0.05, 0.1) is 0 Å². The van der Waals surface area contributed by atoms with Crippen LogP contribution in [0, 0.1) is 0 Å². The summed E-state index contributed by atoms with van der Waals surface area (Å²) in [6, 6.07) is 65.8. The molecule has 4 heteroatoms. The Balaban J connectivity index is 1.12. The first-order valence-electron chi connectivity index (χ1n) is 18.5. The van der Waals surface area contributed by atoms with Crippen LogP contribution in [0.15, 0.2) is 192 Å². The normalized spacial score (nSPS) is 11.6. The molecule has 2 heterocycles. The summed E-state index contributed by atoms with van der Waals surface area (Å²) in [7, 11) is 0. The molecular weight excluding hydrogens is 671 g/mol. The van der Waals surface area contributed by atoms with Gasteiger partial charge in [-0.15, -0.1) is 0 Å². The maximum atomic E-state index is 6.30. The van der Waals surface area contributed by atoms with Crippen LogP contribution in [-0.4, -0.2) is 15.0 Å². The summed E-state index contributed by atoms with van der Waals surface area (Å²) in [5, 5.41) is 9.48. The van der Waals surface area contributed by atoms with E-state index in [0.29, 0.717) is 17.5 Å². The Morgan fingerprint density at radius 1 is 0.291 bits per heavy atom. The molecule has 256 valence electrons. The van der Waals surface area contributed by atoms with Gasteiger partial charge >= 0.3 is 0 Å². The van der Waals surface area contributed by atoms with E-state index >= 15 is 0 Å². The molecule has 0 unspecified atom stereocenters. The molecule has 0 bridgehead atoms. The highest BCUT2D eigenvalue weighted by Crippen LogP contribution is 2.39. The van der Waals surface area contributed by atoms with E-state index in [-0.39, 0.29) is 0 Å². The molecule has 0 fully saturated rings. The molecular formula is C51H31N3O. The van der Waals surface area contributed by atoms with Crippen molar-refractivity contribution in [3.8, 4) is 56.4 Å². The summed E-state index contributed by atoms with van der Waals surface area (Å²) in [6.07, 6.45) is 0. The maximum absolute atomic E-state index is 6.30. The Morgan fingerprint density at radius 2 is 0.855 bits per heavy atom. The van der Waals surface area contributed by atoms with Crippen molar-refractivity contribution in [1.82, 2.24) is 15.0 Å². The van der Waals surface area contributed by atoms with Gasteiger partial charge in [-0.1, -0.05) is 164 Å². The summed E-state index contributed by atoms with van der Waals surface area (Å²) in [5.41, 5.74) is 8.75. The summed E-state index contributed by atoms with van der Waals surface area (Å²) in [5.74, 6) is 1.81. The van der Waals surface area contributed by atoms with Crippen molar-refractivity contribution >= 4 is 54.3 Å². The smallest absolute Gasteiger partial charge is 0.164 e. The molecule has 0 amide bonds. The quantitative estimate of drug-likeness (QED) is 0.168. The van der Waals surface area contributed by atoms with Crippen LogP contribution in [0.1, 0.15) is 0 Å². The standard InChI is InChI=1S/C51H31N3O/c1-2-12-32(13-3-1)39-17-6-7-19-41(39)50-52-49(53-51(54-50)43-21-11-23-46-48(43)42-20-8-9-22-45(42)55-46)38-16-10-15-36(30-38)37-29-26-34-25-28-35-27-24-33-14-4-5-18-40(33)47(35)44(34)31-37/h1-31H. The fraction of sp³-hybridized carbons (Fsp3) is 0. The molecule has 11 rings (SSSR count). The van der Waals surface area contributed by atoms with Crippen molar-refractivity contribution in [2.75, 3.05) is 0 Å². The van der Waals surface area contributed by atoms with Crippen molar-refractivity contribution < 1.29 is 4.42 Å². The highest BCUT2D eigenvalue weighted by Gasteiger charge is 2.19. The first kappa shape index (κ1) is 31.1. The van der Waals surface area contributed by atoms with E-state index < -0.39 is 0 Å². The zero-order valence-electron chi connectivity index (χ0n) is 29.6. The van der Waals surface area contributed by atoms with Gasteiger partial charge in [-0.05, 0) is 78.8 Å². The minimum atomic E-state index is 0.592. The third-order valence-corrected chi connectivity index (χ3v) is 10.7. The minimum absolute atomic E-state index is 0.592. The second-order valence-corrected chi connectivity index (χ2v) is 14.0. The van der Waals surface area contributed by atoms with Gasteiger partial charge in [-0.25, -0.2) is 15.0 Å². The van der Waals surface area contributed by atoms with Gasteiger partial charge in [-0.3, -0.25) is 0 Å². The Bertz CT molecular complexity index is 3270. The average Bonchev–Trinajstić information content (AvgIpc) is 3.65. The first-order chi connectivity index (χ1) is 27.2. The number of hydrogen-bond donors (Lipinski definition) is 0. The molecule has 0 spiro atoms. The third-order valence-electron chi connectivity index (χ3n) is 10.7. The Morgan fingerprint density at radius 3 is 1.73 bits per heavy atom. The monoisotopic (exact) mass is 701 g/mol. The van der Waals surface area contributed by atoms with Crippen LogP contribution in [0.25, 0.3) is 111 Å². The minimum Gasteiger partial charge on any atom is -0.456 e. The first-order valence-corrected chi connectivity index (χ1v) is 18.5. The summed E-state index contributed by atoms with van der Waals surface area (Å²) in [6.45, 7) is 0. The number of nitrogens with zero attached hydrogens (tertiary/aromatic N) is 3. The Kier molecular flexibility index (Phi) is 7.14. The van der Waals surface area contributed by atoms with E-state index in [1.54, 1.807) is 0 Å². The van der Waals surface area contributed by atoms with Gasteiger partial charge in [0.25, 0.3) is 0 Å². The van der Waals surface area contributed by atoms with Crippen LogP contribution in [-0.2, 0) is 0 Å². The van der Waals surface area contributed by atoms with E-state index in [9.17, 15) is 0 Å². The zero-order valence-corrected chi connectivity index (χ0v) is 29.6. The van der Waals surface area contributed by atoms with Crippen LogP contribution < -0.4 is 0 Å². The van der Waals surface area contributed by atoms with Crippen molar-refractivity contribution in [3.63, 3.8) is 0 Å². The molecule has 0 aliphatic carbocycles. The molecule has 0 N–H and O–H groups in total. The second kappa shape index (κ2) is 12.6. The van der Waals surface area contributed by atoms with Crippen LogP contribution in [0.2, 0.25) is 0 Å². The number of aromatic nitrogens is 3. The summed E-state index contributed by atoms with van der Waals surface area (Å²) in [4.78, 5) is 15.7. The molecule has 0 saturated heterocycles. The van der Waals surface area contributed by atoms with Crippen LogP contribution in [0.4, 0.5) is 0 Å². The van der Waals surface area contributed by atoms with E-state index in [0.717, 1.165) is 60.9 Å². The molecule has 0 radical (unpaired) electrons. The average molecular weight is 702 g/mol. The SMILES string of the molecule is c1ccc(-c2ccccc2-c2nc(-c3cccc(-c4ccc5ccc6ccc7ccccc7c6c5c4)c3)nc(-c3cccc4oc5ccccc5c34)n2)cc1. The highest BCUT2D eigenvalue weighted by atomic mass is 16.3. The van der Waals surface area contributed by atoms with Gasteiger partial charge in [-0.2, -0.15) is 0 Å². The van der Waals surface area contributed by atoms with Gasteiger partial charge < -0.3 is 4.42 Å². The predicted molar refractivity (Wildman–Crippen MR) is 227 cm³/mol. The van der Waals surface area contributed by atoms with E-state index in [1.165, 1.54) is 32.3 Å². The lowest BCUT2D eigenvalue weighted by atomic mass is 9.93. The Hall–Kier alpha value is -7.43. The summed E-state index contributed by atoms with van der Waals surface area (Å²) < 4.78 is 6.30. The largest absolute Gasteiger partial charge is 0.456 e. The summed E-state index contributed by atoms with van der Waals surface area (Å²) >= 11 is 0. The maximum Gasteiger partial charge on any atom is 0.164 e. The van der Waals surface area contributed by atoms with Crippen molar-refractivity contribution in [2.24, 2.45) is 0 Å². The predicted octanol–water partition coefficient (Wildman–Crippen LogP) is 13.6. The molecule has 0 atom stereocenters. The number of benzene rings is 9. The Labute approximate surface area is 317 Å². The topological polar surface area (TPSA) is 51.8 Å². The lowest BCUT2D eigenvalue weighted by molar-refractivity contribution is 0.669. The third kappa shape index (κ3) is 5.26. The number of rotatable bonds is 5. The van der Waals surface area contributed by atoms with Gasteiger partial charge in [0.2, 0.25) is 0 Å². The van der Waals surface area contributed by atoms with E-state index in [1.807, 2.05) is 42.5 Å². The van der Waals surface area contributed by atoms with Crippen molar-refractivity contribution in [3.05, 3.63) is 188 Å². The molecule has 9 aromatic carbocycles. The fourth-order valence-electron chi connectivity index (χ4n) is 8.10. The van der Waals surface area contributed by atoms with E-state index in [2.05, 4.69) is 146 Å². The number of furan rings is 1. The lowest BCUT2D eigenvalue weighted by Crippen LogP contribution is -2.01. The molecule has 0 aliphatic heterocycles. The number of para-hydroxylation sites is 1. The molecule has 2 aromatic heterocycles. The van der Waals surface area contributed by atoms with Crippen LogP contribution >= 0.6 is 0 Å². The molecule has 55 heavy (non-hydrogen) atoms. The van der Waals surface area contributed by atoms with Gasteiger partial charge in [0, 0.05) is 27.5 Å². The fourth-order valence-corrected chi connectivity index (χ4v) is 8.10. The van der Waals surface area contributed by atoms with Crippen LogP contribution in [0.3, 0.4) is 0 Å². The second-order valence-electron chi connectivity index (χ2n) is 14.0. The van der Waals surface area contributed by atoms with Crippen molar-refractivity contribution in [2.45, 2.75) is 0 Å². The number of fused-ring (bicyclic) bond motifs is 8. The van der Waals surface area contributed by atoms with E-state index in [4.69, 9.17) is 19.4 Å². The van der Waals surface area contributed by atoms with Crippen LogP contribution in [0.5, 0.6) is 0 Å². The lowest BCUT2D eigenvalue weighted by Gasteiger charge is -2.13. The number of hydrogen-bond acceptors (Lipinski definition) is 4. The molecule has 0 saturated carbocycles. The molecule has 4 nitrogen and oxygen atoms in total.